The molecule has 106 valence electrons. The zero-order chi connectivity index (χ0) is 13.7. The van der Waals surface area contributed by atoms with Crippen LogP contribution in [0, 0.1) is 0 Å². The minimum atomic E-state index is 0.262. The van der Waals surface area contributed by atoms with Gasteiger partial charge in [0.05, 0.1) is 0 Å². The Morgan fingerprint density at radius 3 is 2.79 bits per heavy atom. The van der Waals surface area contributed by atoms with Gasteiger partial charge < -0.3 is 10.0 Å². The Bertz CT molecular complexity index is 371. The van der Waals surface area contributed by atoms with Crippen molar-refractivity contribution in [2.24, 2.45) is 0 Å². The van der Waals surface area contributed by atoms with Gasteiger partial charge in [-0.15, -0.1) is 0 Å². The average molecular weight is 263 g/mol. The Kier molecular flexibility index (Phi) is 5.31. The van der Waals surface area contributed by atoms with Gasteiger partial charge in [0.15, 0.2) is 0 Å². The van der Waals surface area contributed by atoms with Crippen LogP contribution in [-0.4, -0.2) is 58.7 Å². The lowest BCUT2D eigenvalue weighted by Gasteiger charge is -2.34. The molecule has 1 fully saturated rings. The first kappa shape index (κ1) is 14.4. The van der Waals surface area contributed by atoms with Gasteiger partial charge >= 0.3 is 0 Å². The van der Waals surface area contributed by atoms with Gasteiger partial charge in [0.2, 0.25) is 0 Å². The molecule has 0 saturated carbocycles. The fraction of sp³-hybridized carbons (Fsp3) is 0.667. The summed E-state index contributed by atoms with van der Waals surface area (Å²) in [5, 5.41) is 9.31. The number of nitrogens with zero attached hydrogens (tertiary/aromatic N) is 3. The molecule has 0 aliphatic carbocycles. The number of rotatable bonds is 4. The maximum Gasteiger partial charge on any atom is 0.0446 e. The lowest BCUT2D eigenvalue weighted by molar-refractivity contribution is 0.110. The van der Waals surface area contributed by atoms with Gasteiger partial charge in [-0.2, -0.15) is 0 Å². The highest BCUT2D eigenvalue weighted by molar-refractivity contribution is 5.10. The second-order valence-electron chi connectivity index (χ2n) is 5.59. The van der Waals surface area contributed by atoms with Gasteiger partial charge in [-0.05, 0) is 51.1 Å². The van der Waals surface area contributed by atoms with Gasteiger partial charge in [0.25, 0.3) is 0 Å². The van der Waals surface area contributed by atoms with Crippen molar-refractivity contribution in [3.05, 3.63) is 30.1 Å². The van der Waals surface area contributed by atoms with Crippen molar-refractivity contribution in [3.8, 4) is 0 Å². The first-order chi connectivity index (χ1) is 9.20. The molecule has 2 rings (SSSR count). The van der Waals surface area contributed by atoms with E-state index in [1.54, 1.807) is 0 Å². The summed E-state index contributed by atoms with van der Waals surface area (Å²) in [6, 6.07) is 5.14. The van der Waals surface area contributed by atoms with Crippen LogP contribution in [0.3, 0.4) is 0 Å². The van der Waals surface area contributed by atoms with Crippen LogP contribution in [0.4, 0.5) is 0 Å². The molecular weight excluding hydrogens is 238 g/mol. The summed E-state index contributed by atoms with van der Waals surface area (Å²) in [5.74, 6) is 0. The molecule has 2 unspecified atom stereocenters. The van der Waals surface area contributed by atoms with Crippen LogP contribution < -0.4 is 0 Å². The van der Waals surface area contributed by atoms with Crippen molar-refractivity contribution >= 4 is 0 Å². The van der Waals surface area contributed by atoms with Crippen LogP contribution in [0.1, 0.15) is 25.3 Å². The lowest BCUT2D eigenvalue weighted by Crippen LogP contribution is -2.43. The molecule has 1 N–H and O–H groups in total. The van der Waals surface area contributed by atoms with Crippen LogP contribution in [-0.2, 0) is 6.54 Å². The number of aliphatic hydroxyl groups is 1. The van der Waals surface area contributed by atoms with Crippen molar-refractivity contribution in [1.29, 1.82) is 0 Å². The molecule has 0 spiro atoms. The Balaban J connectivity index is 2.11. The minimum absolute atomic E-state index is 0.262. The van der Waals surface area contributed by atoms with Gasteiger partial charge in [0.1, 0.15) is 0 Å². The third kappa shape index (κ3) is 4.00. The predicted molar refractivity (Wildman–Crippen MR) is 76.8 cm³/mol. The number of aromatic nitrogens is 1. The molecule has 0 aromatic carbocycles. The van der Waals surface area contributed by atoms with Crippen LogP contribution >= 0.6 is 0 Å². The van der Waals surface area contributed by atoms with Crippen LogP contribution in [0.2, 0.25) is 0 Å². The minimum Gasteiger partial charge on any atom is -0.396 e. The first-order valence-corrected chi connectivity index (χ1v) is 7.14. The van der Waals surface area contributed by atoms with Gasteiger partial charge in [0, 0.05) is 44.2 Å². The van der Waals surface area contributed by atoms with E-state index in [1.165, 1.54) is 12.0 Å². The van der Waals surface area contributed by atoms with E-state index in [2.05, 4.69) is 40.9 Å². The maximum atomic E-state index is 9.31. The molecule has 2 atom stereocenters. The topological polar surface area (TPSA) is 39.6 Å². The summed E-state index contributed by atoms with van der Waals surface area (Å²) < 4.78 is 0. The number of likely N-dealkylation sites (N-methyl/N-ethyl adjacent to an activating group) is 1. The van der Waals surface area contributed by atoms with Crippen molar-refractivity contribution < 1.29 is 5.11 Å². The largest absolute Gasteiger partial charge is 0.396 e. The predicted octanol–water partition coefficient (Wildman–Crippen LogP) is 1.36. The average Bonchev–Trinajstić information content (AvgIpc) is 2.54. The number of aliphatic hydroxyl groups excluding tert-OH is 1. The fourth-order valence-corrected chi connectivity index (χ4v) is 2.88. The smallest absolute Gasteiger partial charge is 0.0446 e. The van der Waals surface area contributed by atoms with E-state index in [9.17, 15) is 5.11 Å². The van der Waals surface area contributed by atoms with Crippen LogP contribution in [0.5, 0.6) is 0 Å². The van der Waals surface area contributed by atoms with E-state index in [4.69, 9.17) is 0 Å². The molecule has 0 radical (unpaired) electrons. The monoisotopic (exact) mass is 263 g/mol. The second kappa shape index (κ2) is 6.98. The molecule has 1 aromatic heterocycles. The molecular formula is C15H25N3O. The molecule has 1 saturated heterocycles. The zero-order valence-electron chi connectivity index (χ0n) is 12.0. The molecule has 0 amide bonds. The normalized spacial score (nSPS) is 26.3. The van der Waals surface area contributed by atoms with Crippen molar-refractivity contribution in [2.45, 2.75) is 38.4 Å². The summed E-state index contributed by atoms with van der Waals surface area (Å²) in [4.78, 5) is 8.99. The Morgan fingerprint density at radius 1 is 1.37 bits per heavy atom. The van der Waals surface area contributed by atoms with E-state index in [0.717, 1.165) is 26.1 Å². The summed E-state index contributed by atoms with van der Waals surface area (Å²) >= 11 is 0. The summed E-state index contributed by atoms with van der Waals surface area (Å²) in [5.41, 5.74) is 1.30. The molecule has 4 nitrogen and oxygen atoms in total. The molecule has 0 bridgehead atoms. The van der Waals surface area contributed by atoms with E-state index < -0.39 is 0 Å². The standard InChI is InChI=1S/C15H25N3O/c1-13-5-9-17(2)12-15(6-10-19)18(13)11-14-3-7-16-8-4-14/h3-4,7-8,13,15,19H,5-6,9-12H2,1-2H3. The highest BCUT2D eigenvalue weighted by atomic mass is 16.3. The van der Waals surface area contributed by atoms with E-state index in [1.807, 2.05) is 12.4 Å². The number of pyridine rings is 1. The quantitative estimate of drug-likeness (QED) is 0.890. The maximum absolute atomic E-state index is 9.31. The van der Waals surface area contributed by atoms with Gasteiger partial charge in [-0.3, -0.25) is 9.88 Å². The summed E-state index contributed by atoms with van der Waals surface area (Å²) in [7, 11) is 2.17. The Hall–Kier alpha value is -0.970. The van der Waals surface area contributed by atoms with E-state index in [-0.39, 0.29) is 6.61 Å². The van der Waals surface area contributed by atoms with Gasteiger partial charge in [-0.1, -0.05) is 0 Å². The van der Waals surface area contributed by atoms with Crippen LogP contribution in [0.15, 0.2) is 24.5 Å². The SMILES string of the molecule is CC1CCN(C)CC(CCO)N1Cc1ccncc1. The zero-order valence-corrected chi connectivity index (χ0v) is 12.0. The highest BCUT2D eigenvalue weighted by Crippen LogP contribution is 2.20. The molecule has 4 heteroatoms. The second-order valence-corrected chi connectivity index (χ2v) is 5.59. The number of hydrogen-bond donors (Lipinski definition) is 1. The highest BCUT2D eigenvalue weighted by Gasteiger charge is 2.27. The summed E-state index contributed by atoms with van der Waals surface area (Å²) in [6.07, 6.45) is 5.74. The fourth-order valence-electron chi connectivity index (χ4n) is 2.88. The van der Waals surface area contributed by atoms with E-state index in [0.29, 0.717) is 12.1 Å². The van der Waals surface area contributed by atoms with E-state index >= 15 is 0 Å². The van der Waals surface area contributed by atoms with Crippen molar-refractivity contribution in [2.75, 3.05) is 26.7 Å². The number of hydrogen-bond acceptors (Lipinski definition) is 4. The molecule has 19 heavy (non-hydrogen) atoms. The summed E-state index contributed by atoms with van der Waals surface area (Å²) in [6.45, 7) is 5.68. The van der Waals surface area contributed by atoms with Crippen LogP contribution in [0.25, 0.3) is 0 Å². The molecule has 2 heterocycles. The lowest BCUT2D eigenvalue weighted by atomic mass is 10.1. The first-order valence-electron chi connectivity index (χ1n) is 7.14. The third-order valence-corrected chi connectivity index (χ3v) is 4.06. The third-order valence-electron chi connectivity index (χ3n) is 4.06. The van der Waals surface area contributed by atoms with Crippen molar-refractivity contribution in [3.63, 3.8) is 0 Å². The van der Waals surface area contributed by atoms with Gasteiger partial charge in [-0.25, -0.2) is 0 Å². The molecule has 1 aromatic rings. The van der Waals surface area contributed by atoms with Crippen molar-refractivity contribution in [1.82, 2.24) is 14.8 Å². The Labute approximate surface area is 116 Å². The molecule has 1 aliphatic heterocycles. The molecule has 1 aliphatic rings. The Morgan fingerprint density at radius 2 is 2.11 bits per heavy atom.